The monoisotopic (exact) mass is 233 g/mol. The van der Waals surface area contributed by atoms with Crippen LogP contribution >= 0.6 is 0 Å². The van der Waals surface area contributed by atoms with E-state index >= 15 is 0 Å². The molecular formula is C14H19NO2. The van der Waals surface area contributed by atoms with Gasteiger partial charge in [0.2, 0.25) is 0 Å². The zero-order valence-corrected chi connectivity index (χ0v) is 10.2. The van der Waals surface area contributed by atoms with Crippen LogP contribution < -0.4 is 5.32 Å². The Kier molecular flexibility index (Phi) is 3.67. The molecule has 1 aliphatic carbocycles. The van der Waals surface area contributed by atoms with Gasteiger partial charge in [-0.1, -0.05) is 19.3 Å². The second-order valence-electron chi connectivity index (χ2n) is 4.81. The SMILES string of the molecule is Cc1cc(O)ccc1C(=O)NC1CCCCC1. The van der Waals surface area contributed by atoms with Crippen LogP contribution in [0.15, 0.2) is 18.2 Å². The minimum absolute atomic E-state index is 0.0191. The average molecular weight is 233 g/mol. The van der Waals surface area contributed by atoms with Crippen LogP contribution in [0.5, 0.6) is 5.75 Å². The largest absolute Gasteiger partial charge is 0.508 e. The summed E-state index contributed by atoms with van der Waals surface area (Å²) in [4.78, 5) is 12.1. The van der Waals surface area contributed by atoms with E-state index in [4.69, 9.17) is 0 Å². The van der Waals surface area contributed by atoms with E-state index in [1.807, 2.05) is 6.92 Å². The lowest BCUT2D eigenvalue weighted by atomic mass is 9.95. The molecule has 1 aromatic rings. The number of benzene rings is 1. The number of carbonyl (C=O) groups is 1. The Labute approximate surface area is 102 Å². The predicted molar refractivity (Wildman–Crippen MR) is 67.2 cm³/mol. The smallest absolute Gasteiger partial charge is 0.251 e. The molecule has 1 saturated carbocycles. The number of hydrogen-bond acceptors (Lipinski definition) is 2. The molecule has 17 heavy (non-hydrogen) atoms. The summed E-state index contributed by atoms with van der Waals surface area (Å²) in [5.74, 6) is 0.186. The van der Waals surface area contributed by atoms with Gasteiger partial charge in [0.25, 0.3) is 5.91 Å². The molecule has 3 heteroatoms. The van der Waals surface area contributed by atoms with Crippen molar-refractivity contribution >= 4 is 5.91 Å². The summed E-state index contributed by atoms with van der Waals surface area (Å²) in [6, 6.07) is 5.19. The highest BCUT2D eigenvalue weighted by Crippen LogP contribution is 2.19. The van der Waals surface area contributed by atoms with Crippen molar-refractivity contribution in [1.29, 1.82) is 0 Å². The normalized spacial score (nSPS) is 16.8. The topological polar surface area (TPSA) is 49.3 Å². The van der Waals surface area contributed by atoms with Gasteiger partial charge in [-0.15, -0.1) is 0 Å². The lowest BCUT2D eigenvalue weighted by Crippen LogP contribution is -2.36. The van der Waals surface area contributed by atoms with Crippen LogP contribution in [0.4, 0.5) is 0 Å². The number of aromatic hydroxyl groups is 1. The van der Waals surface area contributed by atoms with Gasteiger partial charge in [0, 0.05) is 11.6 Å². The predicted octanol–water partition coefficient (Wildman–Crippen LogP) is 2.76. The van der Waals surface area contributed by atoms with E-state index in [0.29, 0.717) is 11.6 Å². The van der Waals surface area contributed by atoms with Crippen molar-refractivity contribution < 1.29 is 9.90 Å². The van der Waals surface area contributed by atoms with Crippen molar-refractivity contribution in [3.8, 4) is 5.75 Å². The number of phenolic OH excluding ortho intramolecular Hbond substituents is 1. The molecule has 0 heterocycles. The summed E-state index contributed by atoms with van der Waals surface area (Å²) in [6.07, 6.45) is 5.87. The Balaban J connectivity index is 2.03. The molecule has 0 aliphatic heterocycles. The molecule has 1 aliphatic rings. The zero-order chi connectivity index (χ0) is 12.3. The maximum absolute atomic E-state index is 12.1. The summed E-state index contributed by atoms with van der Waals surface area (Å²) in [7, 11) is 0. The molecule has 3 nitrogen and oxygen atoms in total. The lowest BCUT2D eigenvalue weighted by molar-refractivity contribution is 0.0927. The first-order chi connectivity index (χ1) is 8.16. The summed E-state index contributed by atoms with van der Waals surface area (Å²) in [6.45, 7) is 1.84. The van der Waals surface area contributed by atoms with E-state index < -0.39 is 0 Å². The Morgan fingerprint density at radius 1 is 1.29 bits per heavy atom. The maximum Gasteiger partial charge on any atom is 0.251 e. The minimum Gasteiger partial charge on any atom is -0.508 e. The van der Waals surface area contributed by atoms with Crippen molar-refractivity contribution in [2.24, 2.45) is 0 Å². The fraction of sp³-hybridized carbons (Fsp3) is 0.500. The van der Waals surface area contributed by atoms with Gasteiger partial charge in [0.15, 0.2) is 0 Å². The molecular weight excluding hydrogens is 214 g/mol. The zero-order valence-electron chi connectivity index (χ0n) is 10.2. The van der Waals surface area contributed by atoms with Crippen LogP contribution in [-0.4, -0.2) is 17.1 Å². The van der Waals surface area contributed by atoms with Crippen LogP contribution in [0.25, 0.3) is 0 Å². The van der Waals surface area contributed by atoms with Crippen molar-refractivity contribution in [3.63, 3.8) is 0 Å². The van der Waals surface area contributed by atoms with E-state index in [9.17, 15) is 9.90 Å². The van der Waals surface area contributed by atoms with E-state index in [2.05, 4.69) is 5.32 Å². The summed E-state index contributed by atoms with van der Waals surface area (Å²) in [5, 5.41) is 12.4. The van der Waals surface area contributed by atoms with E-state index in [1.165, 1.54) is 19.3 Å². The summed E-state index contributed by atoms with van der Waals surface area (Å²) in [5.41, 5.74) is 1.48. The highest BCUT2D eigenvalue weighted by atomic mass is 16.3. The van der Waals surface area contributed by atoms with Gasteiger partial charge in [0.05, 0.1) is 0 Å². The number of rotatable bonds is 2. The maximum atomic E-state index is 12.1. The third kappa shape index (κ3) is 2.99. The van der Waals surface area contributed by atoms with Crippen molar-refractivity contribution in [1.82, 2.24) is 5.32 Å². The fourth-order valence-corrected chi connectivity index (χ4v) is 2.41. The Hall–Kier alpha value is -1.51. The average Bonchev–Trinajstić information content (AvgIpc) is 2.30. The molecule has 2 N–H and O–H groups in total. The van der Waals surface area contributed by atoms with Crippen LogP contribution in [0, 0.1) is 6.92 Å². The standard InChI is InChI=1S/C14H19NO2/c1-10-9-12(16)7-8-13(10)14(17)15-11-5-3-2-4-6-11/h7-9,11,16H,2-6H2,1H3,(H,15,17). The second-order valence-corrected chi connectivity index (χ2v) is 4.81. The van der Waals surface area contributed by atoms with Gasteiger partial charge < -0.3 is 10.4 Å². The molecule has 1 amide bonds. The van der Waals surface area contributed by atoms with E-state index in [0.717, 1.165) is 18.4 Å². The van der Waals surface area contributed by atoms with Crippen molar-refractivity contribution in [3.05, 3.63) is 29.3 Å². The number of nitrogens with one attached hydrogen (secondary N) is 1. The van der Waals surface area contributed by atoms with Crippen molar-refractivity contribution in [2.75, 3.05) is 0 Å². The molecule has 0 unspecified atom stereocenters. The fourth-order valence-electron chi connectivity index (χ4n) is 2.41. The minimum atomic E-state index is -0.0191. The molecule has 0 radical (unpaired) electrons. The number of hydrogen-bond donors (Lipinski definition) is 2. The summed E-state index contributed by atoms with van der Waals surface area (Å²) < 4.78 is 0. The molecule has 1 aromatic carbocycles. The second kappa shape index (κ2) is 5.21. The Bertz CT molecular complexity index is 409. The van der Waals surface area contributed by atoms with Gasteiger partial charge in [-0.05, 0) is 43.5 Å². The van der Waals surface area contributed by atoms with Gasteiger partial charge in [-0.3, -0.25) is 4.79 Å². The first kappa shape index (κ1) is 12.0. The van der Waals surface area contributed by atoms with E-state index in [-0.39, 0.29) is 11.7 Å². The van der Waals surface area contributed by atoms with Gasteiger partial charge in [-0.2, -0.15) is 0 Å². The number of carbonyl (C=O) groups excluding carboxylic acids is 1. The number of aryl methyl sites for hydroxylation is 1. The highest BCUT2D eigenvalue weighted by molar-refractivity contribution is 5.95. The molecule has 0 bridgehead atoms. The van der Waals surface area contributed by atoms with E-state index in [1.54, 1.807) is 18.2 Å². The quantitative estimate of drug-likeness (QED) is 0.825. The van der Waals surface area contributed by atoms with Gasteiger partial charge in [-0.25, -0.2) is 0 Å². The lowest BCUT2D eigenvalue weighted by Gasteiger charge is -2.23. The first-order valence-corrected chi connectivity index (χ1v) is 6.27. The molecule has 0 spiro atoms. The van der Waals surface area contributed by atoms with Crippen LogP contribution in [0.1, 0.15) is 48.0 Å². The molecule has 2 rings (SSSR count). The van der Waals surface area contributed by atoms with Gasteiger partial charge >= 0.3 is 0 Å². The van der Waals surface area contributed by atoms with Crippen LogP contribution in [-0.2, 0) is 0 Å². The van der Waals surface area contributed by atoms with Crippen molar-refractivity contribution in [2.45, 2.75) is 45.1 Å². The molecule has 1 fully saturated rings. The molecule has 0 aromatic heterocycles. The van der Waals surface area contributed by atoms with Gasteiger partial charge in [0.1, 0.15) is 5.75 Å². The number of amides is 1. The highest BCUT2D eigenvalue weighted by Gasteiger charge is 2.17. The third-order valence-corrected chi connectivity index (χ3v) is 3.40. The first-order valence-electron chi connectivity index (χ1n) is 6.27. The number of phenols is 1. The Morgan fingerprint density at radius 3 is 2.65 bits per heavy atom. The molecule has 92 valence electrons. The summed E-state index contributed by atoms with van der Waals surface area (Å²) >= 11 is 0. The molecule has 0 saturated heterocycles. The molecule has 0 atom stereocenters. The Morgan fingerprint density at radius 2 is 2.00 bits per heavy atom. The third-order valence-electron chi connectivity index (χ3n) is 3.40. The van der Waals surface area contributed by atoms with Crippen LogP contribution in [0.2, 0.25) is 0 Å². The van der Waals surface area contributed by atoms with Crippen LogP contribution in [0.3, 0.4) is 0 Å².